The van der Waals surface area contributed by atoms with Gasteiger partial charge in [-0.1, -0.05) is 25.1 Å². The summed E-state index contributed by atoms with van der Waals surface area (Å²) in [6.07, 6.45) is 2.43. The van der Waals surface area contributed by atoms with E-state index in [0.29, 0.717) is 12.1 Å². The first-order valence-electron chi connectivity index (χ1n) is 7.58. The average Bonchev–Trinajstić information content (AvgIpc) is 2.49. The second-order valence-corrected chi connectivity index (χ2v) is 5.77. The Morgan fingerprint density at radius 3 is 2.81 bits per heavy atom. The number of rotatable bonds is 5. The molecule has 0 aliphatic carbocycles. The Kier molecular flexibility index (Phi) is 5.31. The molecule has 1 aromatic carbocycles. The smallest absolute Gasteiger partial charge is 0.221 e. The number of nitrogens with two attached hydrogens (primary N) is 2. The van der Waals surface area contributed by atoms with Crippen LogP contribution in [0.2, 0.25) is 0 Å². The van der Waals surface area contributed by atoms with E-state index in [4.69, 9.17) is 11.5 Å². The maximum Gasteiger partial charge on any atom is 0.221 e. The summed E-state index contributed by atoms with van der Waals surface area (Å²) in [5.41, 5.74) is 12.3. The van der Waals surface area contributed by atoms with E-state index >= 15 is 0 Å². The van der Waals surface area contributed by atoms with E-state index in [1.165, 1.54) is 6.07 Å². The number of hydrogen-bond acceptors (Lipinski definition) is 3. The Morgan fingerprint density at radius 2 is 2.19 bits per heavy atom. The van der Waals surface area contributed by atoms with E-state index in [1.807, 2.05) is 13.0 Å². The van der Waals surface area contributed by atoms with Crippen LogP contribution >= 0.6 is 0 Å². The molecule has 1 aliphatic heterocycles. The number of piperidine rings is 1. The third-order valence-electron chi connectivity index (χ3n) is 4.35. The maximum absolute atomic E-state index is 14.2. The Morgan fingerprint density at radius 1 is 1.48 bits per heavy atom. The molecule has 1 aliphatic rings. The fraction of sp³-hybridized carbons (Fsp3) is 0.562. The molecule has 0 radical (unpaired) electrons. The number of amides is 1. The molecular weight excluding hydrogens is 269 g/mol. The number of likely N-dealkylation sites (tertiary alicyclic amines) is 1. The Balaban J connectivity index is 2.28. The minimum absolute atomic E-state index is 0.169. The summed E-state index contributed by atoms with van der Waals surface area (Å²) in [6.45, 7) is 3.37. The molecule has 3 unspecified atom stereocenters. The number of primary amides is 1. The highest BCUT2D eigenvalue weighted by Gasteiger charge is 2.33. The molecule has 2 rings (SSSR count). The lowest BCUT2D eigenvalue weighted by Crippen LogP contribution is -2.48. The molecule has 21 heavy (non-hydrogen) atoms. The van der Waals surface area contributed by atoms with Crippen molar-refractivity contribution in [3.05, 3.63) is 35.6 Å². The number of nitrogens with zero attached hydrogens (tertiary/aromatic N) is 1. The fourth-order valence-electron chi connectivity index (χ4n) is 3.13. The van der Waals surface area contributed by atoms with Crippen LogP contribution in [0.25, 0.3) is 0 Å². The van der Waals surface area contributed by atoms with E-state index in [9.17, 15) is 9.18 Å². The van der Waals surface area contributed by atoms with Gasteiger partial charge in [0.1, 0.15) is 5.82 Å². The lowest BCUT2D eigenvalue weighted by molar-refractivity contribution is -0.123. The van der Waals surface area contributed by atoms with Crippen molar-refractivity contribution in [3.63, 3.8) is 0 Å². The topological polar surface area (TPSA) is 72.3 Å². The zero-order valence-corrected chi connectivity index (χ0v) is 12.5. The summed E-state index contributed by atoms with van der Waals surface area (Å²) >= 11 is 0. The van der Waals surface area contributed by atoms with Crippen LogP contribution in [-0.2, 0) is 4.79 Å². The third-order valence-corrected chi connectivity index (χ3v) is 4.35. The summed E-state index contributed by atoms with van der Waals surface area (Å²) in [7, 11) is 0. The highest BCUT2D eigenvalue weighted by atomic mass is 19.1. The van der Waals surface area contributed by atoms with E-state index in [1.54, 1.807) is 12.1 Å². The van der Waals surface area contributed by atoms with Crippen LogP contribution in [0.15, 0.2) is 24.3 Å². The summed E-state index contributed by atoms with van der Waals surface area (Å²) in [5.74, 6) is -0.693. The third kappa shape index (κ3) is 3.60. The minimum Gasteiger partial charge on any atom is -0.369 e. The Hall–Kier alpha value is -1.46. The van der Waals surface area contributed by atoms with Crippen molar-refractivity contribution in [1.29, 1.82) is 0 Å². The molecule has 1 amide bonds. The summed E-state index contributed by atoms with van der Waals surface area (Å²) in [4.78, 5) is 13.6. The molecule has 116 valence electrons. The number of carbonyl (C=O) groups is 1. The summed E-state index contributed by atoms with van der Waals surface area (Å²) < 4.78 is 14.2. The SMILES string of the molecule is CCC(N)C(c1ccccc1F)N1CCCC(C(N)=O)C1. The van der Waals surface area contributed by atoms with E-state index in [2.05, 4.69) is 4.90 Å². The van der Waals surface area contributed by atoms with Crippen LogP contribution in [0.1, 0.15) is 37.8 Å². The fourth-order valence-corrected chi connectivity index (χ4v) is 3.13. The maximum atomic E-state index is 14.2. The van der Waals surface area contributed by atoms with Crippen LogP contribution in [0.4, 0.5) is 4.39 Å². The summed E-state index contributed by atoms with van der Waals surface area (Å²) in [6, 6.07) is 6.36. The second kappa shape index (κ2) is 7.00. The van der Waals surface area contributed by atoms with Gasteiger partial charge < -0.3 is 11.5 Å². The quantitative estimate of drug-likeness (QED) is 0.869. The van der Waals surface area contributed by atoms with Crippen molar-refractivity contribution in [3.8, 4) is 0 Å². The van der Waals surface area contributed by atoms with Gasteiger partial charge >= 0.3 is 0 Å². The van der Waals surface area contributed by atoms with Gasteiger partial charge in [0.05, 0.1) is 12.0 Å². The lowest BCUT2D eigenvalue weighted by atomic mass is 9.90. The average molecular weight is 293 g/mol. The molecule has 1 saturated heterocycles. The zero-order valence-electron chi connectivity index (χ0n) is 12.5. The van der Waals surface area contributed by atoms with Gasteiger partial charge in [-0.25, -0.2) is 4.39 Å². The van der Waals surface area contributed by atoms with Crippen LogP contribution in [0, 0.1) is 11.7 Å². The molecule has 4 nitrogen and oxygen atoms in total. The van der Waals surface area contributed by atoms with Crippen LogP contribution in [0.5, 0.6) is 0 Å². The number of halogens is 1. The van der Waals surface area contributed by atoms with E-state index in [0.717, 1.165) is 25.8 Å². The molecule has 1 fully saturated rings. The van der Waals surface area contributed by atoms with Gasteiger partial charge in [0.2, 0.25) is 5.91 Å². The zero-order chi connectivity index (χ0) is 15.4. The summed E-state index contributed by atoms with van der Waals surface area (Å²) in [5, 5.41) is 0. The van der Waals surface area contributed by atoms with Gasteiger partial charge in [-0.05, 0) is 31.9 Å². The normalized spacial score (nSPS) is 22.7. The van der Waals surface area contributed by atoms with Crippen molar-refractivity contribution in [2.24, 2.45) is 17.4 Å². The largest absolute Gasteiger partial charge is 0.369 e. The van der Waals surface area contributed by atoms with Crippen molar-refractivity contribution >= 4 is 5.91 Å². The van der Waals surface area contributed by atoms with Gasteiger partial charge in [0.25, 0.3) is 0 Å². The Bertz CT molecular complexity index is 494. The first-order chi connectivity index (χ1) is 10.0. The highest BCUT2D eigenvalue weighted by Crippen LogP contribution is 2.31. The van der Waals surface area contributed by atoms with Gasteiger partial charge in [0, 0.05) is 18.2 Å². The van der Waals surface area contributed by atoms with Gasteiger partial charge in [-0.3, -0.25) is 9.69 Å². The predicted molar refractivity (Wildman–Crippen MR) is 80.9 cm³/mol. The molecule has 0 bridgehead atoms. The Labute approximate surface area is 125 Å². The number of hydrogen-bond donors (Lipinski definition) is 2. The first-order valence-corrected chi connectivity index (χ1v) is 7.58. The molecular formula is C16H24FN3O. The second-order valence-electron chi connectivity index (χ2n) is 5.77. The predicted octanol–water partition coefficient (Wildman–Crippen LogP) is 1.80. The van der Waals surface area contributed by atoms with E-state index in [-0.39, 0.29) is 29.7 Å². The van der Waals surface area contributed by atoms with Crippen molar-refractivity contribution in [1.82, 2.24) is 4.90 Å². The molecule has 0 aromatic heterocycles. The van der Waals surface area contributed by atoms with Crippen molar-refractivity contribution in [2.45, 2.75) is 38.3 Å². The van der Waals surface area contributed by atoms with Crippen molar-refractivity contribution in [2.75, 3.05) is 13.1 Å². The number of benzene rings is 1. The minimum atomic E-state index is -0.281. The molecule has 1 aromatic rings. The molecule has 3 atom stereocenters. The van der Waals surface area contributed by atoms with Gasteiger partial charge in [-0.15, -0.1) is 0 Å². The first kappa shape index (κ1) is 15.9. The van der Waals surface area contributed by atoms with E-state index < -0.39 is 0 Å². The number of carbonyl (C=O) groups excluding carboxylic acids is 1. The van der Waals surface area contributed by atoms with Crippen LogP contribution in [-0.4, -0.2) is 29.9 Å². The van der Waals surface area contributed by atoms with Gasteiger partial charge in [0.15, 0.2) is 0 Å². The van der Waals surface area contributed by atoms with Crippen LogP contribution in [0.3, 0.4) is 0 Å². The van der Waals surface area contributed by atoms with Gasteiger partial charge in [-0.2, -0.15) is 0 Å². The molecule has 0 spiro atoms. The lowest BCUT2D eigenvalue weighted by Gasteiger charge is -2.40. The highest BCUT2D eigenvalue weighted by molar-refractivity contribution is 5.76. The molecule has 0 saturated carbocycles. The van der Waals surface area contributed by atoms with Crippen LogP contribution < -0.4 is 11.5 Å². The molecule has 1 heterocycles. The van der Waals surface area contributed by atoms with Crippen molar-refractivity contribution < 1.29 is 9.18 Å². The molecule has 5 heteroatoms. The molecule has 4 N–H and O–H groups in total. The standard InChI is InChI=1S/C16H24FN3O/c1-2-14(18)15(12-7-3-4-8-13(12)17)20-9-5-6-11(10-20)16(19)21/h3-4,7-8,11,14-15H,2,5-6,9-10,18H2,1H3,(H2,19,21). The monoisotopic (exact) mass is 293 g/mol.